The highest BCUT2D eigenvalue weighted by atomic mass is 79.9. The van der Waals surface area contributed by atoms with Crippen molar-refractivity contribution in [1.29, 1.82) is 0 Å². The Morgan fingerprint density at radius 3 is 2.65 bits per heavy atom. The maximum Gasteiger partial charge on any atom is 0.0498 e. The highest BCUT2D eigenvalue weighted by Crippen LogP contribution is 2.33. The number of benzene rings is 1. The van der Waals surface area contributed by atoms with Crippen LogP contribution in [0.4, 0.5) is 5.69 Å². The van der Waals surface area contributed by atoms with E-state index in [4.69, 9.17) is 0 Å². The summed E-state index contributed by atoms with van der Waals surface area (Å²) in [6, 6.07) is 6.90. The summed E-state index contributed by atoms with van der Waals surface area (Å²) in [7, 11) is 0. The Hall–Kier alpha value is -0.0200. The third-order valence-corrected chi connectivity index (χ3v) is 4.89. The van der Waals surface area contributed by atoms with Crippen LogP contribution in [0, 0.1) is 11.8 Å². The van der Waals surface area contributed by atoms with Crippen LogP contribution in [0.25, 0.3) is 0 Å². The second-order valence-electron chi connectivity index (χ2n) is 5.27. The number of hydrogen-bond donors (Lipinski definition) is 1. The molecule has 0 amide bonds. The molecule has 1 aromatic carbocycles. The lowest BCUT2D eigenvalue weighted by Gasteiger charge is -2.34. The Balaban J connectivity index is 2.07. The molecule has 0 aliphatic heterocycles. The van der Waals surface area contributed by atoms with Crippen molar-refractivity contribution in [3.05, 3.63) is 27.1 Å². The van der Waals surface area contributed by atoms with Crippen molar-refractivity contribution < 1.29 is 0 Å². The predicted octanol–water partition coefficient (Wildman–Crippen LogP) is 5.45. The molecule has 0 spiro atoms. The van der Waals surface area contributed by atoms with Crippen LogP contribution in [0.1, 0.15) is 33.1 Å². The van der Waals surface area contributed by atoms with Crippen molar-refractivity contribution in [2.45, 2.75) is 39.2 Å². The van der Waals surface area contributed by atoms with E-state index in [1.165, 1.54) is 24.9 Å². The van der Waals surface area contributed by atoms with E-state index in [9.17, 15) is 0 Å². The quantitative estimate of drug-likeness (QED) is 0.739. The van der Waals surface area contributed by atoms with E-state index < -0.39 is 0 Å². The molecule has 0 saturated heterocycles. The minimum Gasteiger partial charge on any atom is -0.381 e. The summed E-state index contributed by atoms with van der Waals surface area (Å²) in [5.41, 5.74) is 1.20. The van der Waals surface area contributed by atoms with Crippen LogP contribution < -0.4 is 5.32 Å². The van der Waals surface area contributed by atoms with Gasteiger partial charge in [0.15, 0.2) is 0 Å². The van der Waals surface area contributed by atoms with E-state index >= 15 is 0 Å². The second kappa shape index (κ2) is 5.75. The highest BCUT2D eigenvalue weighted by Gasteiger charge is 2.25. The van der Waals surface area contributed by atoms with Crippen LogP contribution in [0.5, 0.6) is 0 Å². The molecule has 0 bridgehead atoms. The molecule has 3 heteroatoms. The molecule has 1 saturated carbocycles. The van der Waals surface area contributed by atoms with E-state index in [-0.39, 0.29) is 0 Å². The molecular formula is C14H19Br2N. The van der Waals surface area contributed by atoms with Gasteiger partial charge < -0.3 is 5.32 Å². The maximum atomic E-state index is 3.68. The van der Waals surface area contributed by atoms with Gasteiger partial charge >= 0.3 is 0 Å². The Morgan fingerprint density at radius 2 is 1.94 bits per heavy atom. The fraction of sp³-hybridized carbons (Fsp3) is 0.571. The molecule has 2 rings (SSSR count). The molecule has 17 heavy (non-hydrogen) atoms. The summed E-state index contributed by atoms with van der Waals surface area (Å²) in [5.74, 6) is 1.64. The average Bonchev–Trinajstić information content (AvgIpc) is 2.27. The zero-order valence-electron chi connectivity index (χ0n) is 10.3. The van der Waals surface area contributed by atoms with Gasteiger partial charge in [0.1, 0.15) is 0 Å². The van der Waals surface area contributed by atoms with Crippen LogP contribution in [0.2, 0.25) is 0 Å². The van der Waals surface area contributed by atoms with E-state index in [1.54, 1.807) is 0 Å². The smallest absolute Gasteiger partial charge is 0.0498 e. The van der Waals surface area contributed by atoms with E-state index in [1.807, 2.05) is 0 Å². The van der Waals surface area contributed by atoms with E-state index in [0.717, 1.165) is 20.8 Å². The van der Waals surface area contributed by atoms with E-state index in [2.05, 4.69) is 69.2 Å². The van der Waals surface area contributed by atoms with Gasteiger partial charge in [-0.15, -0.1) is 0 Å². The van der Waals surface area contributed by atoms with Crippen molar-refractivity contribution in [3.63, 3.8) is 0 Å². The highest BCUT2D eigenvalue weighted by molar-refractivity contribution is 9.11. The molecule has 1 nitrogen and oxygen atoms in total. The minimum atomic E-state index is 0.608. The van der Waals surface area contributed by atoms with Gasteiger partial charge in [-0.25, -0.2) is 0 Å². The lowest BCUT2D eigenvalue weighted by molar-refractivity contribution is 0.276. The number of hydrogen-bond acceptors (Lipinski definition) is 1. The van der Waals surface area contributed by atoms with Gasteiger partial charge in [-0.2, -0.15) is 0 Å². The fourth-order valence-electron chi connectivity index (χ4n) is 2.69. The molecule has 1 aliphatic carbocycles. The first-order valence-electron chi connectivity index (χ1n) is 6.28. The molecular weight excluding hydrogens is 342 g/mol. The molecule has 1 aliphatic rings. The molecule has 1 N–H and O–H groups in total. The van der Waals surface area contributed by atoms with Gasteiger partial charge in [0.2, 0.25) is 0 Å². The van der Waals surface area contributed by atoms with Crippen LogP contribution in [-0.2, 0) is 0 Å². The number of anilines is 1. The SMILES string of the molecule is CC1CCC(Nc2cc(Br)ccc2Br)C(C)C1. The van der Waals surface area contributed by atoms with Crippen LogP contribution in [0.15, 0.2) is 27.1 Å². The number of rotatable bonds is 2. The molecule has 94 valence electrons. The fourth-order valence-corrected chi connectivity index (χ4v) is 3.41. The maximum absolute atomic E-state index is 3.68. The average molecular weight is 361 g/mol. The lowest BCUT2D eigenvalue weighted by atomic mass is 9.80. The summed E-state index contributed by atoms with van der Waals surface area (Å²) in [6.07, 6.45) is 3.96. The topological polar surface area (TPSA) is 12.0 Å². The van der Waals surface area contributed by atoms with Gasteiger partial charge in [0, 0.05) is 20.7 Å². The zero-order valence-corrected chi connectivity index (χ0v) is 13.5. The van der Waals surface area contributed by atoms with E-state index in [0.29, 0.717) is 6.04 Å². The summed E-state index contributed by atoms with van der Waals surface area (Å²) in [6.45, 7) is 4.72. The van der Waals surface area contributed by atoms with Crippen molar-refractivity contribution >= 4 is 37.5 Å². The third-order valence-electron chi connectivity index (χ3n) is 3.70. The van der Waals surface area contributed by atoms with Crippen molar-refractivity contribution in [2.24, 2.45) is 11.8 Å². The standard InChI is InChI=1S/C14H19Br2N/c1-9-3-6-13(10(2)7-9)17-14-8-11(15)4-5-12(14)16/h4-5,8-10,13,17H,3,6-7H2,1-2H3. The van der Waals surface area contributed by atoms with Crippen LogP contribution in [-0.4, -0.2) is 6.04 Å². The van der Waals surface area contributed by atoms with Crippen LogP contribution in [0.3, 0.4) is 0 Å². The summed E-state index contributed by atoms with van der Waals surface area (Å²) < 4.78 is 2.27. The van der Waals surface area contributed by atoms with Crippen molar-refractivity contribution in [2.75, 3.05) is 5.32 Å². The van der Waals surface area contributed by atoms with Crippen molar-refractivity contribution in [1.82, 2.24) is 0 Å². The lowest BCUT2D eigenvalue weighted by Crippen LogP contribution is -2.33. The predicted molar refractivity (Wildman–Crippen MR) is 81.4 cm³/mol. The van der Waals surface area contributed by atoms with Crippen LogP contribution >= 0.6 is 31.9 Å². The Labute approximate surface area is 121 Å². The molecule has 3 unspecified atom stereocenters. The first kappa shape index (κ1) is 13.4. The zero-order chi connectivity index (χ0) is 12.4. The normalized spacial score (nSPS) is 29.1. The summed E-state index contributed by atoms with van der Waals surface area (Å²) in [5, 5.41) is 3.68. The summed E-state index contributed by atoms with van der Waals surface area (Å²) in [4.78, 5) is 0. The molecule has 0 radical (unpaired) electrons. The third kappa shape index (κ3) is 3.47. The Kier molecular flexibility index (Phi) is 4.53. The largest absolute Gasteiger partial charge is 0.381 e. The molecule has 1 fully saturated rings. The first-order valence-corrected chi connectivity index (χ1v) is 7.86. The Bertz CT molecular complexity index is 392. The van der Waals surface area contributed by atoms with Gasteiger partial charge in [-0.1, -0.05) is 29.8 Å². The second-order valence-corrected chi connectivity index (χ2v) is 7.04. The molecule has 3 atom stereocenters. The number of halogens is 2. The number of nitrogens with one attached hydrogen (secondary N) is 1. The van der Waals surface area contributed by atoms with Gasteiger partial charge in [0.25, 0.3) is 0 Å². The molecule has 0 aromatic heterocycles. The van der Waals surface area contributed by atoms with Gasteiger partial charge in [-0.05, 0) is 65.2 Å². The minimum absolute atomic E-state index is 0.608. The Morgan fingerprint density at radius 1 is 1.18 bits per heavy atom. The van der Waals surface area contributed by atoms with Gasteiger partial charge in [-0.3, -0.25) is 0 Å². The monoisotopic (exact) mass is 359 g/mol. The molecule has 0 heterocycles. The summed E-state index contributed by atoms with van der Waals surface area (Å²) >= 11 is 7.13. The van der Waals surface area contributed by atoms with Crippen molar-refractivity contribution in [3.8, 4) is 0 Å². The first-order chi connectivity index (χ1) is 8.06. The molecule has 1 aromatic rings. The van der Waals surface area contributed by atoms with Gasteiger partial charge in [0.05, 0.1) is 0 Å².